The van der Waals surface area contributed by atoms with Crippen LogP contribution in [0, 0.1) is 17.2 Å². The highest BCUT2D eigenvalue weighted by molar-refractivity contribution is 8.16. The molecule has 0 aromatic heterocycles. The van der Waals surface area contributed by atoms with Gasteiger partial charge in [0.25, 0.3) is 5.91 Å². The van der Waals surface area contributed by atoms with E-state index in [-0.39, 0.29) is 5.92 Å². The summed E-state index contributed by atoms with van der Waals surface area (Å²) in [6.07, 6.45) is 1.24. The lowest BCUT2D eigenvalue weighted by Gasteiger charge is -2.27. The van der Waals surface area contributed by atoms with Crippen LogP contribution in [-0.4, -0.2) is 35.5 Å². The van der Waals surface area contributed by atoms with E-state index in [1.807, 2.05) is 49.5 Å². The van der Waals surface area contributed by atoms with E-state index in [0.717, 1.165) is 11.5 Å². The highest BCUT2D eigenvalue weighted by Crippen LogP contribution is 2.43. The molecule has 0 unspecified atom stereocenters. The van der Waals surface area contributed by atoms with Gasteiger partial charge < -0.3 is 10.1 Å². The maximum atomic E-state index is 12.1. The van der Waals surface area contributed by atoms with E-state index in [4.69, 9.17) is 4.74 Å². The van der Waals surface area contributed by atoms with Crippen LogP contribution < -0.4 is 5.32 Å². The molecule has 0 radical (unpaired) electrons. The van der Waals surface area contributed by atoms with Gasteiger partial charge in [-0.1, -0.05) is 26.0 Å². The van der Waals surface area contributed by atoms with Crippen molar-refractivity contribution in [2.75, 3.05) is 18.1 Å². The molecule has 1 aromatic rings. The Morgan fingerprint density at radius 2 is 1.92 bits per heavy atom. The summed E-state index contributed by atoms with van der Waals surface area (Å²) in [4.78, 5) is 24.1. The molecule has 0 aliphatic carbocycles. The topological polar surface area (TPSA) is 79.2 Å². The fourth-order valence-corrected chi connectivity index (χ4v) is 5.19. The van der Waals surface area contributed by atoms with Crippen LogP contribution in [0.2, 0.25) is 0 Å². The van der Waals surface area contributed by atoms with Gasteiger partial charge >= 0.3 is 5.97 Å². The summed E-state index contributed by atoms with van der Waals surface area (Å²) in [5, 5.41) is 11.8. The molecular formula is C19H24N2O3S2. The van der Waals surface area contributed by atoms with Gasteiger partial charge in [-0.05, 0) is 48.5 Å². The number of nitrogens with one attached hydrogen (secondary N) is 1. The largest absolute Gasteiger partial charge is 0.452 e. The zero-order valence-electron chi connectivity index (χ0n) is 15.3. The minimum atomic E-state index is -0.986. The van der Waals surface area contributed by atoms with Gasteiger partial charge in [0.05, 0.1) is 16.2 Å². The molecule has 5 nitrogen and oxygen atoms in total. The quantitative estimate of drug-likeness (QED) is 0.743. The van der Waals surface area contributed by atoms with Gasteiger partial charge in [-0.3, -0.25) is 4.79 Å². The molecule has 0 saturated carbocycles. The number of benzene rings is 1. The lowest BCUT2D eigenvalue weighted by atomic mass is 9.90. The lowest BCUT2D eigenvalue weighted by Crippen LogP contribution is -2.50. The van der Waals surface area contributed by atoms with Crippen LogP contribution in [0.15, 0.2) is 24.3 Å². The van der Waals surface area contributed by atoms with E-state index in [0.29, 0.717) is 10.1 Å². The summed E-state index contributed by atoms with van der Waals surface area (Å²) in [6, 6.07) is 9.44. The summed E-state index contributed by atoms with van der Waals surface area (Å²) in [5.74, 6) is 1.24. The van der Waals surface area contributed by atoms with Crippen molar-refractivity contribution in [3.63, 3.8) is 0 Å². The highest BCUT2D eigenvalue weighted by atomic mass is 32.2. The molecule has 1 saturated heterocycles. The molecule has 1 aromatic carbocycles. The zero-order valence-corrected chi connectivity index (χ0v) is 16.9. The summed E-state index contributed by atoms with van der Waals surface area (Å²) in [7, 11) is 0. The molecule has 1 fully saturated rings. The van der Waals surface area contributed by atoms with Crippen molar-refractivity contribution in [1.29, 1.82) is 5.26 Å². The van der Waals surface area contributed by atoms with Crippen LogP contribution in [0.3, 0.4) is 0 Å². The number of esters is 1. The number of nitriles is 1. The Bertz CT molecular complexity index is 679. The van der Waals surface area contributed by atoms with E-state index in [2.05, 4.69) is 11.4 Å². The molecule has 2 rings (SSSR count). The maximum absolute atomic E-state index is 12.1. The molecule has 26 heavy (non-hydrogen) atoms. The van der Waals surface area contributed by atoms with Crippen LogP contribution in [0.5, 0.6) is 0 Å². The first-order chi connectivity index (χ1) is 12.4. The lowest BCUT2D eigenvalue weighted by molar-refractivity contribution is -0.125. The molecule has 140 valence electrons. The summed E-state index contributed by atoms with van der Waals surface area (Å²) < 4.78 is 5.49. The third-order valence-electron chi connectivity index (χ3n) is 4.37. The number of hydrogen-bond donors (Lipinski definition) is 1. The second kappa shape index (κ2) is 9.33. The molecule has 1 atom stereocenters. The van der Waals surface area contributed by atoms with Gasteiger partial charge in [0.1, 0.15) is 5.54 Å². The Kier molecular flexibility index (Phi) is 7.42. The van der Waals surface area contributed by atoms with Crippen molar-refractivity contribution < 1.29 is 14.3 Å². The Hall–Kier alpha value is -1.65. The number of carbonyl (C=O) groups excluding carboxylic acids is 2. The van der Waals surface area contributed by atoms with Crippen molar-refractivity contribution in [2.45, 2.75) is 37.3 Å². The van der Waals surface area contributed by atoms with Crippen LogP contribution in [0.4, 0.5) is 0 Å². The zero-order chi connectivity index (χ0) is 19.2. The molecule has 7 heteroatoms. The van der Waals surface area contributed by atoms with Gasteiger partial charge in [0.2, 0.25) is 0 Å². The molecule has 1 amide bonds. The molecule has 0 bridgehead atoms. The fraction of sp³-hybridized carbons (Fsp3) is 0.526. The van der Waals surface area contributed by atoms with E-state index in [9.17, 15) is 14.9 Å². The van der Waals surface area contributed by atoms with Crippen LogP contribution in [0.1, 0.15) is 47.7 Å². The van der Waals surface area contributed by atoms with Gasteiger partial charge in [-0.2, -0.15) is 5.26 Å². The van der Waals surface area contributed by atoms with Gasteiger partial charge in [0.15, 0.2) is 6.61 Å². The Balaban J connectivity index is 1.87. The standard InChI is InChI=1S/C19H24N2O3S2/c1-13(2)19(3,12-20)21-16(22)11-24-17(23)14-5-7-15(8-6-14)18-25-9-4-10-26-18/h5-8,13,18H,4,9-11H2,1-3H3,(H,21,22)/t19-/m1/s1. The molecule has 0 spiro atoms. The van der Waals surface area contributed by atoms with Gasteiger partial charge in [-0.25, -0.2) is 4.79 Å². The van der Waals surface area contributed by atoms with Gasteiger partial charge in [-0.15, -0.1) is 23.5 Å². The molecular weight excluding hydrogens is 368 g/mol. The average Bonchev–Trinajstić information content (AvgIpc) is 2.66. The monoisotopic (exact) mass is 392 g/mol. The highest BCUT2D eigenvalue weighted by Gasteiger charge is 2.30. The van der Waals surface area contributed by atoms with E-state index < -0.39 is 24.0 Å². The normalized spacial score (nSPS) is 17.2. The molecule has 1 N–H and O–H groups in total. The number of nitrogens with zero attached hydrogens (tertiary/aromatic N) is 1. The summed E-state index contributed by atoms with van der Waals surface area (Å²) in [6.45, 7) is 4.94. The number of rotatable bonds is 6. The number of thioether (sulfide) groups is 2. The van der Waals surface area contributed by atoms with E-state index in [1.54, 1.807) is 19.1 Å². The number of amides is 1. The SMILES string of the molecule is CC(C)[C@@](C)(C#N)NC(=O)COC(=O)c1ccc(C2SCCCS2)cc1. The third kappa shape index (κ3) is 5.42. The second-order valence-corrected chi connectivity index (χ2v) is 9.37. The fourth-order valence-electron chi connectivity index (χ4n) is 2.30. The van der Waals surface area contributed by atoms with Crippen molar-refractivity contribution in [3.05, 3.63) is 35.4 Å². The number of carbonyl (C=O) groups is 2. The second-order valence-electron chi connectivity index (χ2n) is 6.64. The smallest absolute Gasteiger partial charge is 0.338 e. The van der Waals surface area contributed by atoms with Crippen molar-refractivity contribution >= 4 is 35.4 Å². The first-order valence-corrected chi connectivity index (χ1v) is 10.7. The molecule has 1 aliphatic rings. The summed E-state index contributed by atoms with van der Waals surface area (Å²) in [5.41, 5.74) is 0.621. The van der Waals surface area contributed by atoms with Crippen LogP contribution >= 0.6 is 23.5 Å². The van der Waals surface area contributed by atoms with Crippen LogP contribution in [0.25, 0.3) is 0 Å². The molecule has 1 heterocycles. The van der Waals surface area contributed by atoms with Crippen molar-refractivity contribution in [1.82, 2.24) is 5.32 Å². The maximum Gasteiger partial charge on any atom is 0.338 e. The predicted octanol–water partition coefficient (Wildman–Crippen LogP) is 3.77. The van der Waals surface area contributed by atoms with Gasteiger partial charge in [0, 0.05) is 0 Å². The Labute approximate surface area is 163 Å². The predicted molar refractivity (Wildman–Crippen MR) is 106 cm³/mol. The number of hydrogen-bond acceptors (Lipinski definition) is 6. The van der Waals surface area contributed by atoms with Crippen LogP contribution in [-0.2, 0) is 9.53 Å². The minimum absolute atomic E-state index is 0.0600. The average molecular weight is 393 g/mol. The third-order valence-corrected chi connectivity index (χ3v) is 7.38. The van der Waals surface area contributed by atoms with E-state index >= 15 is 0 Å². The first-order valence-electron chi connectivity index (χ1n) is 8.58. The van der Waals surface area contributed by atoms with Crippen molar-refractivity contribution in [2.24, 2.45) is 5.92 Å². The van der Waals surface area contributed by atoms with Crippen molar-refractivity contribution in [3.8, 4) is 6.07 Å². The Morgan fingerprint density at radius 3 is 2.46 bits per heavy atom. The number of ether oxygens (including phenoxy) is 1. The summed E-state index contributed by atoms with van der Waals surface area (Å²) >= 11 is 3.84. The first kappa shape index (κ1) is 20.7. The molecule has 1 aliphatic heterocycles. The van der Waals surface area contributed by atoms with E-state index in [1.165, 1.54) is 12.0 Å². The minimum Gasteiger partial charge on any atom is -0.452 e. The Morgan fingerprint density at radius 1 is 1.31 bits per heavy atom.